The summed E-state index contributed by atoms with van der Waals surface area (Å²) < 4.78 is 18.0. The Balaban J connectivity index is 1.95. The van der Waals surface area contributed by atoms with Crippen LogP contribution in [0.5, 0.6) is 0 Å². The van der Waals surface area contributed by atoms with Gasteiger partial charge in [-0.3, -0.25) is 0 Å². The van der Waals surface area contributed by atoms with E-state index in [-0.39, 0.29) is 11.8 Å². The van der Waals surface area contributed by atoms with Gasteiger partial charge in [0, 0.05) is 0 Å². The van der Waals surface area contributed by atoms with Crippen LogP contribution in [0.4, 0.5) is 4.39 Å². The Morgan fingerprint density at radius 2 is 1.95 bits per heavy atom. The minimum absolute atomic E-state index is 0.239. The summed E-state index contributed by atoms with van der Waals surface area (Å²) in [5.74, 6) is -0.551. The molecule has 0 aliphatic carbocycles. The van der Waals surface area contributed by atoms with Crippen LogP contribution in [0.1, 0.15) is 28.4 Å². The quantitative estimate of drug-likeness (QED) is 0.773. The SMILES string of the molecule is CCOC(=O)c1ccc(C[CH]c2cccc(F)c2)cc1. The van der Waals surface area contributed by atoms with E-state index in [0.29, 0.717) is 18.6 Å². The summed E-state index contributed by atoms with van der Waals surface area (Å²) in [7, 11) is 0. The molecule has 0 heterocycles. The Morgan fingerprint density at radius 1 is 1.20 bits per heavy atom. The van der Waals surface area contributed by atoms with E-state index in [9.17, 15) is 9.18 Å². The van der Waals surface area contributed by atoms with Crippen LogP contribution in [0, 0.1) is 12.2 Å². The fourth-order valence-corrected chi connectivity index (χ4v) is 1.86. The largest absolute Gasteiger partial charge is 0.462 e. The molecule has 0 saturated carbocycles. The van der Waals surface area contributed by atoms with Gasteiger partial charge in [0.1, 0.15) is 5.82 Å². The van der Waals surface area contributed by atoms with Gasteiger partial charge in [0.25, 0.3) is 0 Å². The summed E-state index contributed by atoms with van der Waals surface area (Å²) in [6, 6.07) is 13.7. The van der Waals surface area contributed by atoms with E-state index in [2.05, 4.69) is 0 Å². The van der Waals surface area contributed by atoms with Crippen LogP contribution in [-0.2, 0) is 11.2 Å². The topological polar surface area (TPSA) is 26.3 Å². The second-order valence-corrected chi connectivity index (χ2v) is 4.38. The maximum Gasteiger partial charge on any atom is 0.338 e. The van der Waals surface area contributed by atoms with Crippen molar-refractivity contribution in [1.29, 1.82) is 0 Å². The molecule has 0 N–H and O–H groups in total. The molecule has 0 unspecified atom stereocenters. The number of hydrogen-bond acceptors (Lipinski definition) is 2. The van der Waals surface area contributed by atoms with Crippen molar-refractivity contribution in [2.45, 2.75) is 13.3 Å². The molecule has 2 aromatic rings. The summed E-state index contributed by atoms with van der Waals surface area (Å²) >= 11 is 0. The molecule has 0 amide bonds. The zero-order valence-corrected chi connectivity index (χ0v) is 11.3. The highest BCUT2D eigenvalue weighted by molar-refractivity contribution is 5.89. The Kier molecular flexibility index (Phi) is 4.88. The molecule has 20 heavy (non-hydrogen) atoms. The highest BCUT2D eigenvalue weighted by Crippen LogP contribution is 2.12. The third-order valence-corrected chi connectivity index (χ3v) is 2.89. The number of halogens is 1. The molecule has 0 spiro atoms. The van der Waals surface area contributed by atoms with Crippen LogP contribution >= 0.6 is 0 Å². The molecule has 0 atom stereocenters. The molecule has 2 nitrogen and oxygen atoms in total. The lowest BCUT2D eigenvalue weighted by atomic mass is 10.0. The van der Waals surface area contributed by atoms with Crippen LogP contribution in [0.3, 0.4) is 0 Å². The normalized spacial score (nSPS) is 10.3. The molecule has 0 aliphatic heterocycles. The van der Waals surface area contributed by atoms with E-state index in [1.54, 1.807) is 25.1 Å². The van der Waals surface area contributed by atoms with Crippen molar-refractivity contribution in [2.75, 3.05) is 6.61 Å². The summed E-state index contributed by atoms with van der Waals surface area (Å²) in [5, 5.41) is 0. The van der Waals surface area contributed by atoms with Gasteiger partial charge in [-0.1, -0.05) is 24.3 Å². The minimum Gasteiger partial charge on any atom is -0.462 e. The van der Waals surface area contributed by atoms with Crippen molar-refractivity contribution >= 4 is 5.97 Å². The van der Waals surface area contributed by atoms with E-state index >= 15 is 0 Å². The van der Waals surface area contributed by atoms with Crippen molar-refractivity contribution in [3.05, 3.63) is 77.5 Å². The second kappa shape index (κ2) is 6.85. The molecular formula is C17H16FO2. The second-order valence-electron chi connectivity index (χ2n) is 4.38. The summed E-state index contributed by atoms with van der Waals surface area (Å²) in [5.41, 5.74) is 2.45. The lowest BCUT2D eigenvalue weighted by Gasteiger charge is -2.04. The Bertz CT molecular complexity index is 576. The van der Waals surface area contributed by atoms with Crippen LogP contribution in [0.15, 0.2) is 48.5 Å². The van der Waals surface area contributed by atoms with Crippen molar-refractivity contribution in [1.82, 2.24) is 0 Å². The molecule has 0 bridgehead atoms. The van der Waals surface area contributed by atoms with Crippen LogP contribution in [0.25, 0.3) is 0 Å². The summed E-state index contributed by atoms with van der Waals surface area (Å²) in [6.45, 7) is 2.15. The van der Waals surface area contributed by atoms with E-state index < -0.39 is 0 Å². The predicted octanol–water partition coefficient (Wildman–Crippen LogP) is 3.80. The number of benzene rings is 2. The Morgan fingerprint density at radius 3 is 2.60 bits per heavy atom. The molecular weight excluding hydrogens is 255 g/mol. The molecule has 3 heteroatoms. The molecule has 0 aliphatic rings. The van der Waals surface area contributed by atoms with Gasteiger partial charge in [-0.15, -0.1) is 0 Å². The average Bonchev–Trinajstić information content (AvgIpc) is 2.46. The number of ether oxygens (including phenoxy) is 1. The smallest absolute Gasteiger partial charge is 0.338 e. The van der Waals surface area contributed by atoms with Crippen LogP contribution in [0.2, 0.25) is 0 Å². The molecule has 0 fully saturated rings. The summed E-state index contributed by atoms with van der Waals surface area (Å²) in [6.07, 6.45) is 2.63. The first-order chi connectivity index (χ1) is 9.69. The van der Waals surface area contributed by atoms with Crippen LogP contribution < -0.4 is 0 Å². The third kappa shape index (κ3) is 3.92. The first-order valence-corrected chi connectivity index (χ1v) is 6.54. The summed E-state index contributed by atoms with van der Waals surface area (Å²) in [4.78, 5) is 11.5. The maximum atomic E-state index is 13.0. The average molecular weight is 271 g/mol. The van der Waals surface area contributed by atoms with Crippen LogP contribution in [-0.4, -0.2) is 12.6 Å². The minimum atomic E-state index is -0.312. The number of hydrogen-bond donors (Lipinski definition) is 0. The predicted molar refractivity (Wildman–Crippen MR) is 75.9 cm³/mol. The van der Waals surface area contributed by atoms with Gasteiger partial charge in [-0.05, 0) is 55.2 Å². The molecule has 103 valence electrons. The van der Waals surface area contributed by atoms with Gasteiger partial charge in [0.15, 0.2) is 0 Å². The standard InChI is InChI=1S/C17H16FO2/c1-2-20-17(19)15-10-8-13(9-11-15)6-7-14-4-3-5-16(18)12-14/h3-5,7-12H,2,6H2,1H3. The lowest BCUT2D eigenvalue weighted by Crippen LogP contribution is -2.04. The monoisotopic (exact) mass is 271 g/mol. The highest BCUT2D eigenvalue weighted by atomic mass is 19.1. The first-order valence-electron chi connectivity index (χ1n) is 6.54. The van der Waals surface area contributed by atoms with Crippen molar-refractivity contribution in [3.63, 3.8) is 0 Å². The van der Waals surface area contributed by atoms with Gasteiger partial charge in [0.2, 0.25) is 0 Å². The number of rotatable bonds is 5. The first kappa shape index (κ1) is 14.3. The van der Waals surface area contributed by atoms with Gasteiger partial charge >= 0.3 is 5.97 Å². The fourth-order valence-electron chi connectivity index (χ4n) is 1.86. The third-order valence-electron chi connectivity index (χ3n) is 2.89. The number of carbonyl (C=O) groups is 1. The van der Waals surface area contributed by atoms with E-state index in [1.807, 2.05) is 24.6 Å². The Hall–Kier alpha value is -2.16. The van der Waals surface area contributed by atoms with Crippen molar-refractivity contribution < 1.29 is 13.9 Å². The van der Waals surface area contributed by atoms with Gasteiger partial charge in [-0.2, -0.15) is 0 Å². The molecule has 0 saturated heterocycles. The van der Waals surface area contributed by atoms with Gasteiger partial charge in [0.05, 0.1) is 12.2 Å². The van der Waals surface area contributed by atoms with E-state index in [0.717, 1.165) is 11.1 Å². The zero-order valence-electron chi connectivity index (χ0n) is 11.3. The number of esters is 1. The zero-order chi connectivity index (χ0) is 14.4. The molecule has 2 aromatic carbocycles. The molecule has 2 rings (SSSR count). The molecule has 1 radical (unpaired) electrons. The van der Waals surface area contributed by atoms with Crippen molar-refractivity contribution in [3.8, 4) is 0 Å². The Labute approximate surface area is 118 Å². The van der Waals surface area contributed by atoms with E-state index in [1.165, 1.54) is 12.1 Å². The fraction of sp³-hybridized carbons (Fsp3) is 0.176. The lowest BCUT2D eigenvalue weighted by molar-refractivity contribution is 0.0526. The molecule has 0 aromatic heterocycles. The highest BCUT2D eigenvalue weighted by Gasteiger charge is 2.05. The van der Waals surface area contributed by atoms with Gasteiger partial charge < -0.3 is 4.74 Å². The number of carbonyl (C=O) groups excluding carboxylic acids is 1. The maximum absolute atomic E-state index is 13.0. The van der Waals surface area contributed by atoms with Gasteiger partial charge in [-0.25, -0.2) is 9.18 Å². The van der Waals surface area contributed by atoms with Crippen molar-refractivity contribution in [2.24, 2.45) is 0 Å². The van der Waals surface area contributed by atoms with E-state index in [4.69, 9.17) is 4.74 Å².